The molecule has 2 heterocycles. The highest BCUT2D eigenvalue weighted by Gasteiger charge is 2.66. The Morgan fingerprint density at radius 1 is 0.576 bits per heavy atom. The second-order valence-electron chi connectivity index (χ2n) is 7.85. The maximum absolute atomic E-state index is 13.0. The average molecular weight is 476 g/mol. The lowest BCUT2D eigenvalue weighted by Crippen LogP contribution is -2.34. The van der Waals surface area contributed by atoms with Crippen molar-refractivity contribution in [1.29, 1.82) is 0 Å². The fraction of sp³-hybridized carbons (Fsp3) is 0.429. The number of rotatable bonds is 10. The van der Waals surface area contributed by atoms with E-state index in [1.165, 1.54) is 24.3 Å². The molecule has 4 rings (SSSR count). The molecule has 12 heteroatoms. The maximum Gasteiger partial charge on any atom is 0.426 e. The van der Waals surface area contributed by atoms with Crippen LogP contribution in [-0.2, 0) is 34.0 Å². The number of alkyl halides is 6. The topological polar surface area (TPSA) is 106 Å². The molecular weight excluding hydrogens is 454 g/mol. The molecule has 2 fully saturated rings. The van der Waals surface area contributed by atoms with Crippen LogP contribution in [0.2, 0.25) is 0 Å². The van der Waals surface area contributed by atoms with Crippen LogP contribution >= 0.6 is 0 Å². The second kappa shape index (κ2) is 8.85. The summed E-state index contributed by atoms with van der Waals surface area (Å²) in [4.78, 5) is 0. The van der Waals surface area contributed by atoms with E-state index in [0.29, 0.717) is 19.6 Å². The zero-order chi connectivity index (χ0) is 23.7. The molecule has 0 spiro atoms. The summed E-state index contributed by atoms with van der Waals surface area (Å²) in [6.07, 6.45) is -8.29. The van der Waals surface area contributed by atoms with Crippen LogP contribution in [0.15, 0.2) is 48.5 Å². The lowest BCUT2D eigenvalue weighted by Gasteiger charge is -2.16. The Hall–Kier alpha value is -2.22. The normalized spacial score (nSPS) is 18.8. The molecule has 0 amide bonds. The van der Waals surface area contributed by atoms with Crippen LogP contribution < -0.4 is 21.7 Å². The zero-order valence-electron chi connectivity index (χ0n) is 17.2. The molecule has 2 aromatic carbocycles. The first-order chi connectivity index (χ1) is 15.6. The highest BCUT2D eigenvalue weighted by atomic mass is 19.4. The van der Waals surface area contributed by atoms with Crippen molar-refractivity contribution < 1.29 is 35.8 Å². The number of ether oxygens (including phenoxy) is 2. The predicted octanol–water partition coefficient (Wildman–Crippen LogP) is 3.46. The Bertz CT molecular complexity index is 862. The van der Waals surface area contributed by atoms with Crippen molar-refractivity contribution in [2.45, 2.75) is 43.3 Å². The molecule has 33 heavy (non-hydrogen) atoms. The molecule has 2 aliphatic heterocycles. The van der Waals surface area contributed by atoms with Crippen molar-refractivity contribution >= 4 is 0 Å². The van der Waals surface area contributed by atoms with Crippen LogP contribution in [0.3, 0.4) is 0 Å². The van der Waals surface area contributed by atoms with Gasteiger partial charge in [-0.05, 0) is 28.7 Å². The van der Waals surface area contributed by atoms with E-state index in [2.05, 4.69) is 21.7 Å². The van der Waals surface area contributed by atoms with Gasteiger partial charge in [0.15, 0.2) is 0 Å². The summed E-state index contributed by atoms with van der Waals surface area (Å²) in [7, 11) is 0. The van der Waals surface area contributed by atoms with Crippen LogP contribution in [0, 0.1) is 0 Å². The first-order valence-electron chi connectivity index (χ1n) is 10.1. The van der Waals surface area contributed by atoms with E-state index in [9.17, 15) is 26.3 Å². The molecule has 0 bridgehead atoms. The standard InChI is InChI=1S/C21H22F6N4O2/c22-20(23,24)18(28-29-18)16-6-2-14(3-7-16)12-32-10-1-11-33-13-15-4-8-17(9-5-15)19(30-31-19)21(25,26)27/h2-9,28-31H,1,10-13H2. The third kappa shape index (κ3) is 5.00. The smallest absolute Gasteiger partial charge is 0.377 e. The summed E-state index contributed by atoms with van der Waals surface area (Å²) in [6, 6.07) is 11.9. The third-order valence-electron chi connectivity index (χ3n) is 5.49. The molecule has 6 nitrogen and oxygen atoms in total. The van der Waals surface area contributed by atoms with Crippen molar-refractivity contribution in [2.75, 3.05) is 13.2 Å². The summed E-state index contributed by atoms with van der Waals surface area (Å²) in [5.41, 5.74) is 5.93. The number of halogens is 6. The van der Waals surface area contributed by atoms with E-state index in [0.717, 1.165) is 11.1 Å². The van der Waals surface area contributed by atoms with Crippen LogP contribution in [0.25, 0.3) is 0 Å². The molecule has 0 atom stereocenters. The lowest BCUT2D eigenvalue weighted by molar-refractivity contribution is -0.166. The van der Waals surface area contributed by atoms with Gasteiger partial charge in [-0.15, -0.1) is 0 Å². The van der Waals surface area contributed by atoms with Gasteiger partial charge in [0, 0.05) is 13.2 Å². The molecule has 2 aromatic rings. The second-order valence-corrected chi connectivity index (χ2v) is 7.85. The number of hydrogen-bond donors (Lipinski definition) is 4. The lowest BCUT2D eigenvalue weighted by atomic mass is 10.0. The molecule has 4 N–H and O–H groups in total. The van der Waals surface area contributed by atoms with Gasteiger partial charge < -0.3 is 9.47 Å². The molecular formula is C21H22F6N4O2. The van der Waals surface area contributed by atoms with E-state index in [4.69, 9.17) is 9.47 Å². The van der Waals surface area contributed by atoms with Crippen molar-refractivity contribution in [1.82, 2.24) is 21.7 Å². The molecule has 0 aromatic heterocycles. The van der Waals surface area contributed by atoms with Gasteiger partial charge in [-0.25, -0.2) is 21.7 Å². The first kappa shape index (κ1) is 23.9. The SMILES string of the molecule is FC(F)(F)C1(c2ccc(COCCCOCc3ccc(C4(C(F)(F)F)NN4)cc3)cc2)NN1. The quantitative estimate of drug-likeness (QED) is 0.238. The number of nitrogens with one attached hydrogen (secondary N) is 4. The molecule has 180 valence electrons. The number of benzene rings is 2. The van der Waals surface area contributed by atoms with Gasteiger partial charge in [-0.3, -0.25) is 0 Å². The van der Waals surface area contributed by atoms with Crippen LogP contribution in [-0.4, -0.2) is 25.6 Å². The van der Waals surface area contributed by atoms with Crippen LogP contribution in [0.4, 0.5) is 26.3 Å². The van der Waals surface area contributed by atoms with Crippen molar-refractivity contribution in [3.8, 4) is 0 Å². The van der Waals surface area contributed by atoms with E-state index < -0.39 is 23.7 Å². The Labute approximate surface area is 185 Å². The van der Waals surface area contributed by atoms with E-state index >= 15 is 0 Å². The molecule has 0 unspecified atom stereocenters. The summed E-state index contributed by atoms with van der Waals surface area (Å²) in [6.45, 7) is 1.29. The van der Waals surface area contributed by atoms with Gasteiger partial charge in [-0.1, -0.05) is 48.5 Å². The third-order valence-corrected chi connectivity index (χ3v) is 5.49. The van der Waals surface area contributed by atoms with Gasteiger partial charge >= 0.3 is 12.4 Å². The number of hydrogen-bond acceptors (Lipinski definition) is 6. The summed E-state index contributed by atoms with van der Waals surface area (Å²) < 4.78 is 89.3. The van der Waals surface area contributed by atoms with Gasteiger partial charge in [0.2, 0.25) is 11.3 Å². The monoisotopic (exact) mass is 476 g/mol. The van der Waals surface area contributed by atoms with Gasteiger partial charge in [-0.2, -0.15) is 26.3 Å². The van der Waals surface area contributed by atoms with Gasteiger partial charge in [0.05, 0.1) is 13.2 Å². The summed E-state index contributed by atoms with van der Waals surface area (Å²) in [5.74, 6) is 0. The van der Waals surface area contributed by atoms with E-state index in [-0.39, 0.29) is 24.3 Å². The fourth-order valence-corrected chi connectivity index (χ4v) is 3.37. The Balaban J connectivity index is 1.12. The van der Waals surface area contributed by atoms with E-state index in [1.807, 2.05) is 0 Å². The highest BCUT2D eigenvalue weighted by Crippen LogP contribution is 2.43. The Kier molecular flexibility index (Phi) is 6.42. The highest BCUT2D eigenvalue weighted by molar-refractivity contribution is 5.33. The molecule has 0 aliphatic carbocycles. The van der Waals surface area contributed by atoms with Crippen LogP contribution in [0.5, 0.6) is 0 Å². The summed E-state index contributed by atoms with van der Waals surface area (Å²) in [5, 5.41) is 0. The first-order valence-corrected chi connectivity index (χ1v) is 10.1. The molecule has 0 saturated carbocycles. The molecule has 2 aliphatic rings. The number of hydrazine groups is 2. The van der Waals surface area contributed by atoms with Crippen molar-refractivity contribution in [3.05, 3.63) is 70.8 Å². The Morgan fingerprint density at radius 3 is 1.18 bits per heavy atom. The van der Waals surface area contributed by atoms with Gasteiger partial charge in [0.1, 0.15) is 0 Å². The molecule has 0 radical (unpaired) electrons. The zero-order valence-corrected chi connectivity index (χ0v) is 17.2. The fourth-order valence-electron chi connectivity index (χ4n) is 3.37. The average Bonchev–Trinajstić information content (AvgIpc) is 3.66. The largest absolute Gasteiger partial charge is 0.426 e. The molecule has 2 saturated heterocycles. The van der Waals surface area contributed by atoms with Crippen LogP contribution in [0.1, 0.15) is 28.7 Å². The summed E-state index contributed by atoms with van der Waals surface area (Å²) >= 11 is 0. The minimum Gasteiger partial charge on any atom is -0.377 e. The van der Waals surface area contributed by atoms with Gasteiger partial charge in [0.25, 0.3) is 0 Å². The Morgan fingerprint density at radius 2 is 0.909 bits per heavy atom. The van der Waals surface area contributed by atoms with Crippen molar-refractivity contribution in [2.24, 2.45) is 0 Å². The van der Waals surface area contributed by atoms with Crippen molar-refractivity contribution in [3.63, 3.8) is 0 Å². The minimum absolute atomic E-state index is 0.0819. The maximum atomic E-state index is 13.0. The minimum atomic E-state index is -4.44. The predicted molar refractivity (Wildman–Crippen MR) is 105 cm³/mol. The van der Waals surface area contributed by atoms with E-state index in [1.54, 1.807) is 24.3 Å².